The van der Waals surface area contributed by atoms with E-state index in [-0.39, 0.29) is 18.0 Å². The first-order chi connectivity index (χ1) is 10.3. The molecule has 0 amide bonds. The topological polar surface area (TPSA) is 55.8 Å². The number of likely N-dealkylation sites (tertiary alicyclic amines) is 1. The fraction of sp³-hybridized carbons (Fsp3) is 0.882. The Hall–Kier alpha value is -1.10. The average Bonchev–Trinajstić information content (AvgIpc) is 2.78. The number of esters is 2. The molecule has 0 aromatic heterocycles. The molecule has 5 nitrogen and oxygen atoms in total. The normalized spacial score (nSPS) is 40.5. The second-order valence-electron chi connectivity index (χ2n) is 7.74. The van der Waals surface area contributed by atoms with Crippen molar-refractivity contribution in [1.82, 2.24) is 4.90 Å². The summed E-state index contributed by atoms with van der Waals surface area (Å²) in [6, 6.07) is 0. The Balaban J connectivity index is 1.77. The standard InChI is InChI=1S/C17H27NO4/c1-5-18-10-6-7-12(11-18)21-14(20)17-9-8-16(4,13(19)22-17)15(17,2)3/h12H,5-11H2,1-4H3. The predicted octanol–water partition coefficient (Wildman–Crippen LogP) is 2.14. The lowest BCUT2D eigenvalue weighted by molar-refractivity contribution is -0.188. The third-order valence-corrected chi connectivity index (χ3v) is 6.60. The largest absolute Gasteiger partial charge is 0.458 e. The molecule has 3 aliphatic rings. The van der Waals surface area contributed by atoms with Crippen LogP contribution in [-0.4, -0.2) is 48.2 Å². The van der Waals surface area contributed by atoms with Crippen LogP contribution in [0.5, 0.6) is 0 Å². The molecule has 2 bridgehead atoms. The van der Waals surface area contributed by atoms with Gasteiger partial charge < -0.3 is 9.47 Å². The first-order valence-electron chi connectivity index (χ1n) is 8.44. The van der Waals surface area contributed by atoms with Crippen molar-refractivity contribution in [2.24, 2.45) is 10.8 Å². The molecular formula is C17H27NO4. The van der Waals surface area contributed by atoms with Gasteiger partial charge in [-0.15, -0.1) is 0 Å². The molecule has 3 rings (SSSR count). The fourth-order valence-corrected chi connectivity index (χ4v) is 4.35. The molecule has 0 radical (unpaired) electrons. The Morgan fingerprint density at radius 3 is 2.64 bits per heavy atom. The summed E-state index contributed by atoms with van der Waals surface area (Å²) in [6.45, 7) is 10.8. The lowest BCUT2D eigenvalue weighted by Crippen LogP contribution is -2.51. The van der Waals surface area contributed by atoms with Crippen LogP contribution in [0.1, 0.15) is 53.4 Å². The van der Waals surface area contributed by atoms with Crippen molar-refractivity contribution in [3.05, 3.63) is 0 Å². The lowest BCUT2D eigenvalue weighted by atomic mass is 9.66. The zero-order valence-electron chi connectivity index (χ0n) is 14.1. The molecule has 0 spiro atoms. The van der Waals surface area contributed by atoms with Crippen molar-refractivity contribution in [3.8, 4) is 0 Å². The number of hydrogen-bond acceptors (Lipinski definition) is 5. The Bertz CT molecular complexity index is 503. The number of carbonyl (C=O) groups is 2. The van der Waals surface area contributed by atoms with E-state index in [1.54, 1.807) is 0 Å². The van der Waals surface area contributed by atoms with E-state index in [2.05, 4.69) is 11.8 Å². The minimum absolute atomic E-state index is 0.0856. The van der Waals surface area contributed by atoms with E-state index in [4.69, 9.17) is 9.47 Å². The van der Waals surface area contributed by atoms with Crippen LogP contribution in [0, 0.1) is 10.8 Å². The van der Waals surface area contributed by atoms with Gasteiger partial charge in [-0.05, 0) is 45.7 Å². The molecule has 1 aliphatic carbocycles. The molecule has 3 unspecified atom stereocenters. The summed E-state index contributed by atoms with van der Waals surface area (Å²) in [6.07, 6.45) is 3.12. The summed E-state index contributed by atoms with van der Waals surface area (Å²) in [7, 11) is 0. The number of hydrogen-bond donors (Lipinski definition) is 0. The van der Waals surface area contributed by atoms with Gasteiger partial charge in [0.1, 0.15) is 6.10 Å². The number of carbonyl (C=O) groups excluding carboxylic acids is 2. The number of rotatable bonds is 3. The van der Waals surface area contributed by atoms with Gasteiger partial charge in [0.2, 0.25) is 5.60 Å². The van der Waals surface area contributed by atoms with Crippen molar-refractivity contribution in [1.29, 1.82) is 0 Å². The van der Waals surface area contributed by atoms with Gasteiger partial charge in [-0.1, -0.05) is 20.8 Å². The maximum Gasteiger partial charge on any atom is 0.351 e. The monoisotopic (exact) mass is 309 g/mol. The summed E-state index contributed by atoms with van der Waals surface area (Å²) < 4.78 is 11.4. The maximum absolute atomic E-state index is 12.9. The number of likely N-dealkylation sites (N-methyl/N-ethyl adjacent to an activating group) is 1. The number of nitrogens with zero attached hydrogens (tertiary/aromatic N) is 1. The molecule has 5 heteroatoms. The molecule has 2 saturated heterocycles. The van der Waals surface area contributed by atoms with Gasteiger partial charge in [-0.25, -0.2) is 4.79 Å². The molecule has 2 heterocycles. The molecule has 124 valence electrons. The molecule has 0 aromatic carbocycles. The Morgan fingerprint density at radius 1 is 1.36 bits per heavy atom. The molecule has 0 N–H and O–H groups in total. The van der Waals surface area contributed by atoms with Crippen LogP contribution in [0.3, 0.4) is 0 Å². The van der Waals surface area contributed by atoms with Crippen LogP contribution >= 0.6 is 0 Å². The van der Waals surface area contributed by atoms with E-state index in [1.165, 1.54) is 0 Å². The van der Waals surface area contributed by atoms with E-state index < -0.39 is 16.4 Å². The zero-order chi connectivity index (χ0) is 16.2. The van der Waals surface area contributed by atoms with Crippen LogP contribution in [0.4, 0.5) is 0 Å². The van der Waals surface area contributed by atoms with Crippen LogP contribution in [0.15, 0.2) is 0 Å². The van der Waals surface area contributed by atoms with E-state index >= 15 is 0 Å². The van der Waals surface area contributed by atoms with E-state index in [9.17, 15) is 9.59 Å². The smallest absolute Gasteiger partial charge is 0.351 e. The van der Waals surface area contributed by atoms with Gasteiger partial charge in [0.25, 0.3) is 0 Å². The second kappa shape index (κ2) is 4.95. The van der Waals surface area contributed by atoms with Gasteiger partial charge in [-0.2, -0.15) is 0 Å². The molecule has 1 saturated carbocycles. The molecule has 3 fully saturated rings. The summed E-state index contributed by atoms with van der Waals surface area (Å²) in [5.74, 6) is -0.588. The van der Waals surface area contributed by atoms with Crippen molar-refractivity contribution in [3.63, 3.8) is 0 Å². The summed E-state index contributed by atoms with van der Waals surface area (Å²) >= 11 is 0. The summed E-state index contributed by atoms with van der Waals surface area (Å²) in [5, 5.41) is 0. The lowest BCUT2D eigenvalue weighted by Gasteiger charge is -2.37. The third kappa shape index (κ3) is 1.87. The summed E-state index contributed by atoms with van der Waals surface area (Å²) in [5.41, 5.74) is -2.19. The molecular weight excluding hydrogens is 282 g/mol. The first-order valence-corrected chi connectivity index (χ1v) is 8.44. The quantitative estimate of drug-likeness (QED) is 0.748. The van der Waals surface area contributed by atoms with Gasteiger partial charge in [0, 0.05) is 12.0 Å². The highest BCUT2D eigenvalue weighted by atomic mass is 16.6. The molecule has 2 aliphatic heterocycles. The molecule has 0 aromatic rings. The van der Waals surface area contributed by atoms with Crippen LogP contribution in [0.25, 0.3) is 0 Å². The second-order valence-corrected chi connectivity index (χ2v) is 7.74. The van der Waals surface area contributed by atoms with E-state index in [0.717, 1.165) is 32.5 Å². The van der Waals surface area contributed by atoms with Crippen molar-refractivity contribution < 1.29 is 19.1 Å². The fourth-order valence-electron chi connectivity index (χ4n) is 4.35. The van der Waals surface area contributed by atoms with Gasteiger partial charge in [0.15, 0.2) is 0 Å². The van der Waals surface area contributed by atoms with Crippen LogP contribution in [0.2, 0.25) is 0 Å². The summed E-state index contributed by atoms with van der Waals surface area (Å²) in [4.78, 5) is 27.4. The highest BCUT2D eigenvalue weighted by molar-refractivity contribution is 5.93. The van der Waals surface area contributed by atoms with Crippen LogP contribution < -0.4 is 0 Å². The first kappa shape index (κ1) is 15.8. The van der Waals surface area contributed by atoms with Gasteiger partial charge >= 0.3 is 11.9 Å². The van der Waals surface area contributed by atoms with Crippen molar-refractivity contribution >= 4 is 11.9 Å². The number of fused-ring (bicyclic) bond motifs is 2. The predicted molar refractivity (Wildman–Crippen MR) is 81.2 cm³/mol. The highest BCUT2D eigenvalue weighted by Gasteiger charge is 2.76. The third-order valence-electron chi connectivity index (χ3n) is 6.60. The zero-order valence-corrected chi connectivity index (χ0v) is 14.1. The minimum Gasteiger partial charge on any atom is -0.458 e. The number of ether oxygens (including phenoxy) is 2. The van der Waals surface area contributed by atoms with Gasteiger partial charge in [-0.3, -0.25) is 9.69 Å². The average molecular weight is 309 g/mol. The highest BCUT2D eigenvalue weighted by Crippen LogP contribution is 2.65. The maximum atomic E-state index is 12.9. The SMILES string of the molecule is CCN1CCCC(OC(=O)C23CCC(C)(C(=O)O2)C3(C)C)C1. The Labute approximate surface area is 132 Å². The Morgan fingerprint density at radius 2 is 2.09 bits per heavy atom. The van der Waals surface area contributed by atoms with Crippen LogP contribution in [-0.2, 0) is 19.1 Å². The minimum atomic E-state index is -1.09. The number of piperidine rings is 1. The molecule has 3 atom stereocenters. The Kier molecular flexibility index (Phi) is 3.55. The van der Waals surface area contributed by atoms with Gasteiger partial charge in [0.05, 0.1) is 5.41 Å². The van der Waals surface area contributed by atoms with Crippen molar-refractivity contribution in [2.45, 2.75) is 65.1 Å². The van der Waals surface area contributed by atoms with E-state index in [0.29, 0.717) is 12.8 Å². The van der Waals surface area contributed by atoms with Crippen molar-refractivity contribution in [2.75, 3.05) is 19.6 Å². The van der Waals surface area contributed by atoms with E-state index in [1.807, 2.05) is 20.8 Å². The molecule has 22 heavy (non-hydrogen) atoms.